The van der Waals surface area contributed by atoms with Gasteiger partial charge in [0, 0.05) is 5.39 Å². The Morgan fingerprint density at radius 2 is 2.07 bits per heavy atom. The Kier molecular flexibility index (Phi) is 1.70. The van der Waals surface area contributed by atoms with Gasteiger partial charge in [0.2, 0.25) is 0 Å². The van der Waals surface area contributed by atoms with E-state index in [1.807, 2.05) is 31.2 Å². The summed E-state index contributed by atoms with van der Waals surface area (Å²) < 4.78 is 0. The summed E-state index contributed by atoms with van der Waals surface area (Å²) >= 11 is 6.32. The Balaban J connectivity index is 2.62. The average molecular weight is 218 g/mol. The van der Waals surface area contributed by atoms with Crippen molar-refractivity contribution in [3.8, 4) is 0 Å². The summed E-state index contributed by atoms with van der Waals surface area (Å²) in [5, 5.41) is 9.59. The van der Waals surface area contributed by atoms with Gasteiger partial charge < -0.3 is 0 Å². The van der Waals surface area contributed by atoms with Crippen molar-refractivity contribution >= 4 is 33.5 Å². The number of nitrogens with one attached hydrogen (secondary N) is 1. The summed E-state index contributed by atoms with van der Waals surface area (Å²) in [4.78, 5) is 4.46. The molecule has 0 radical (unpaired) electrons. The van der Waals surface area contributed by atoms with Crippen LogP contribution in [0.3, 0.4) is 0 Å². The van der Waals surface area contributed by atoms with Crippen LogP contribution in [0.2, 0.25) is 5.02 Å². The Bertz CT molecular complexity index is 657. The highest BCUT2D eigenvalue weighted by molar-refractivity contribution is 6.40. The number of hydrogen-bond acceptors (Lipinski definition) is 2. The van der Waals surface area contributed by atoms with E-state index in [2.05, 4.69) is 15.2 Å². The second kappa shape index (κ2) is 2.94. The fourth-order valence-corrected chi connectivity index (χ4v) is 2.16. The van der Waals surface area contributed by atoms with Crippen LogP contribution in [0.15, 0.2) is 24.3 Å². The van der Waals surface area contributed by atoms with Gasteiger partial charge in [-0.15, -0.1) is 0 Å². The summed E-state index contributed by atoms with van der Waals surface area (Å²) in [6.07, 6.45) is 0. The molecule has 0 bridgehead atoms. The van der Waals surface area contributed by atoms with Gasteiger partial charge in [0.05, 0.1) is 21.6 Å². The van der Waals surface area contributed by atoms with E-state index in [4.69, 9.17) is 11.6 Å². The number of nitrogens with zero attached hydrogens (tertiary/aromatic N) is 2. The fourth-order valence-electron chi connectivity index (χ4n) is 1.78. The van der Waals surface area contributed by atoms with Gasteiger partial charge in [-0.3, -0.25) is 5.10 Å². The molecule has 0 spiro atoms. The van der Waals surface area contributed by atoms with Crippen LogP contribution >= 0.6 is 11.6 Å². The largest absolute Gasteiger partial charge is 0.260 e. The van der Waals surface area contributed by atoms with E-state index in [1.54, 1.807) is 0 Å². The summed E-state index contributed by atoms with van der Waals surface area (Å²) in [5.41, 5.74) is 2.52. The van der Waals surface area contributed by atoms with Crippen molar-refractivity contribution < 1.29 is 0 Å². The van der Waals surface area contributed by atoms with Crippen molar-refractivity contribution in [3.05, 3.63) is 35.0 Å². The highest BCUT2D eigenvalue weighted by atomic mass is 35.5. The zero-order valence-corrected chi connectivity index (χ0v) is 8.84. The molecule has 0 saturated heterocycles. The fraction of sp³-hybridized carbons (Fsp3) is 0.0909. The van der Waals surface area contributed by atoms with Gasteiger partial charge in [0.25, 0.3) is 0 Å². The second-order valence-electron chi connectivity index (χ2n) is 3.48. The van der Waals surface area contributed by atoms with E-state index >= 15 is 0 Å². The first-order chi connectivity index (χ1) is 7.27. The smallest absolute Gasteiger partial charge is 0.157 e. The standard InChI is InChI=1S/C11H8ClN3/c1-6-9-10(12)7-4-2-3-5-8(7)13-11(9)15-14-6/h2-5H,1H3,(H,13,14,15). The zero-order chi connectivity index (χ0) is 10.4. The molecule has 3 rings (SSSR count). The average Bonchev–Trinajstić information content (AvgIpc) is 2.61. The third-order valence-electron chi connectivity index (χ3n) is 2.52. The van der Waals surface area contributed by atoms with Gasteiger partial charge in [-0.2, -0.15) is 5.10 Å². The number of aromatic nitrogens is 3. The molecule has 15 heavy (non-hydrogen) atoms. The molecule has 0 unspecified atom stereocenters. The van der Waals surface area contributed by atoms with Crippen molar-refractivity contribution in [1.82, 2.24) is 15.2 Å². The number of para-hydroxylation sites is 1. The number of rotatable bonds is 0. The SMILES string of the molecule is Cc1n[nH]c2nc3ccccc3c(Cl)c12. The predicted molar refractivity (Wildman–Crippen MR) is 61.1 cm³/mol. The first-order valence-corrected chi connectivity index (χ1v) is 5.04. The van der Waals surface area contributed by atoms with Gasteiger partial charge in [0.15, 0.2) is 5.65 Å². The van der Waals surface area contributed by atoms with Crippen LogP contribution in [0.4, 0.5) is 0 Å². The molecule has 0 aliphatic heterocycles. The molecule has 2 aromatic heterocycles. The lowest BCUT2D eigenvalue weighted by Crippen LogP contribution is -1.83. The molecule has 1 N–H and O–H groups in total. The maximum Gasteiger partial charge on any atom is 0.157 e. The minimum absolute atomic E-state index is 0.724. The topological polar surface area (TPSA) is 41.6 Å². The van der Waals surface area contributed by atoms with Crippen LogP contribution < -0.4 is 0 Å². The van der Waals surface area contributed by atoms with E-state index in [-0.39, 0.29) is 0 Å². The highest BCUT2D eigenvalue weighted by Crippen LogP contribution is 2.30. The first-order valence-electron chi connectivity index (χ1n) is 4.66. The van der Waals surface area contributed by atoms with Crippen molar-refractivity contribution in [2.45, 2.75) is 6.92 Å². The molecule has 0 aliphatic carbocycles. The minimum atomic E-state index is 0.724. The van der Waals surface area contributed by atoms with Crippen LogP contribution in [0.25, 0.3) is 21.9 Å². The number of halogens is 1. The highest BCUT2D eigenvalue weighted by Gasteiger charge is 2.10. The second-order valence-corrected chi connectivity index (χ2v) is 3.85. The lowest BCUT2D eigenvalue weighted by Gasteiger charge is -2.00. The van der Waals surface area contributed by atoms with E-state index in [1.165, 1.54) is 0 Å². The van der Waals surface area contributed by atoms with Gasteiger partial charge >= 0.3 is 0 Å². The Morgan fingerprint density at radius 1 is 1.27 bits per heavy atom. The number of aryl methyl sites for hydroxylation is 1. The van der Waals surface area contributed by atoms with Crippen LogP contribution in [0.1, 0.15) is 5.69 Å². The predicted octanol–water partition coefficient (Wildman–Crippen LogP) is 3.07. The van der Waals surface area contributed by atoms with E-state index in [0.29, 0.717) is 0 Å². The summed E-state index contributed by atoms with van der Waals surface area (Å²) in [5.74, 6) is 0. The van der Waals surface area contributed by atoms with E-state index in [9.17, 15) is 0 Å². The van der Waals surface area contributed by atoms with Crippen molar-refractivity contribution in [3.63, 3.8) is 0 Å². The van der Waals surface area contributed by atoms with Crippen LogP contribution in [0, 0.1) is 6.92 Å². The normalized spacial score (nSPS) is 11.3. The van der Waals surface area contributed by atoms with E-state index < -0.39 is 0 Å². The summed E-state index contributed by atoms with van der Waals surface area (Å²) in [6.45, 7) is 1.92. The molecule has 3 aromatic rings. The van der Waals surface area contributed by atoms with Crippen LogP contribution in [-0.2, 0) is 0 Å². The van der Waals surface area contributed by atoms with Gasteiger partial charge in [-0.1, -0.05) is 29.8 Å². The molecule has 2 heterocycles. The van der Waals surface area contributed by atoms with Crippen molar-refractivity contribution in [2.75, 3.05) is 0 Å². The number of H-pyrrole nitrogens is 1. The molecule has 0 fully saturated rings. The number of benzene rings is 1. The molecule has 1 aromatic carbocycles. The van der Waals surface area contributed by atoms with Crippen molar-refractivity contribution in [1.29, 1.82) is 0 Å². The molecule has 74 valence electrons. The molecule has 0 atom stereocenters. The van der Waals surface area contributed by atoms with Gasteiger partial charge in [-0.25, -0.2) is 4.98 Å². The first kappa shape index (κ1) is 8.68. The quantitative estimate of drug-likeness (QED) is 0.629. The third kappa shape index (κ3) is 1.13. The van der Waals surface area contributed by atoms with Crippen LogP contribution in [0.5, 0.6) is 0 Å². The summed E-state index contributed by atoms with van der Waals surface area (Å²) in [6, 6.07) is 7.81. The molecule has 4 heteroatoms. The number of pyridine rings is 1. The van der Waals surface area contributed by atoms with Crippen LogP contribution in [-0.4, -0.2) is 15.2 Å². The molecule has 0 saturated carbocycles. The minimum Gasteiger partial charge on any atom is -0.260 e. The number of aromatic amines is 1. The lowest BCUT2D eigenvalue weighted by molar-refractivity contribution is 1.06. The molecule has 0 aliphatic rings. The molecular weight excluding hydrogens is 210 g/mol. The van der Waals surface area contributed by atoms with Gasteiger partial charge in [0.1, 0.15) is 0 Å². The maximum absolute atomic E-state index is 6.32. The maximum atomic E-state index is 6.32. The van der Waals surface area contributed by atoms with Gasteiger partial charge in [-0.05, 0) is 13.0 Å². The Morgan fingerprint density at radius 3 is 2.93 bits per heavy atom. The molecular formula is C11H8ClN3. The van der Waals surface area contributed by atoms with Crippen molar-refractivity contribution in [2.24, 2.45) is 0 Å². The Labute approximate surface area is 91.1 Å². The third-order valence-corrected chi connectivity index (χ3v) is 2.91. The molecule has 0 amide bonds. The number of hydrogen-bond donors (Lipinski definition) is 1. The summed E-state index contributed by atoms with van der Waals surface area (Å²) in [7, 11) is 0. The Hall–Kier alpha value is -1.61. The molecule has 3 nitrogen and oxygen atoms in total. The lowest BCUT2D eigenvalue weighted by atomic mass is 10.1. The zero-order valence-electron chi connectivity index (χ0n) is 8.08. The number of fused-ring (bicyclic) bond motifs is 2. The van der Waals surface area contributed by atoms with E-state index in [0.717, 1.165) is 32.7 Å². The monoisotopic (exact) mass is 217 g/mol.